The summed E-state index contributed by atoms with van der Waals surface area (Å²) in [5.41, 5.74) is 8.95. The average Bonchev–Trinajstić information content (AvgIpc) is 3.40. The van der Waals surface area contributed by atoms with E-state index in [9.17, 15) is 18.0 Å². The van der Waals surface area contributed by atoms with Crippen LogP contribution >= 0.6 is 0 Å². The fraction of sp³-hybridized carbons (Fsp3) is 0.0800. The largest absolute Gasteiger partial charge is 0.573 e. The van der Waals surface area contributed by atoms with Crippen LogP contribution in [0.1, 0.15) is 15.9 Å². The SMILES string of the molecule is NC(=O)c1cccc2c1c1ccc(-c3ccco3)cc1n2Cc1cccc(OC(F)(F)F)c1. The molecule has 0 saturated carbocycles. The second-order valence-electron chi connectivity index (χ2n) is 7.55. The summed E-state index contributed by atoms with van der Waals surface area (Å²) in [4.78, 5) is 12.1. The van der Waals surface area contributed by atoms with E-state index in [1.807, 2.05) is 34.9 Å². The van der Waals surface area contributed by atoms with Crippen molar-refractivity contribution in [3.8, 4) is 17.1 Å². The lowest BCUT2D eigenvalue weighted by Crippen LogP contribution is -2.17. The molecule has 0 radical (unpaired) electrons. The Morgan fingerprint density at radius 2 is 1.79 bits per heavy atom. The maximum absolute atomic E-state index is 12.7. The van der Waals surface area contributed by atoms with Gasteiger partial charge in [-0.2, -0.15) is 0 Å². The third kappa shape index (κ3) is 3.91. The third-order valence-corrected chi connectivity index (χ3v) is 5.43. The number of nitrogens with zero attached hydrogens (tertiary/aromatic N) is 1. The van der Waals surface area contributed by atoms with Gasteiger partial charge in [0.05, 0.1) is 17.3 Å². The number of hydrogen-bond acceptors (Lipinski definition) is 3. The topological polar surface area (TPSA) is 70.4 Å². The van der Waals surface area contributed by atoms with Crippen LogP contribution in [-0.4, -0.2) is 16.8 Å². The predicted octanol–water partition coefficient (Wildman–Crippen LogP) is 6.10. The maximum atomic E-state index is 12.7. The summed E-state index contributed by atoms with van der Waals surface area (Å²) < 4.78 is 49.6. The molecule has 0 aliphatic carbocycles. The highest BCUT2D eigenvalue weighted by atomic mass is 19.4. The normalized spacial score (nSPS) is 11.8. The van der Waals surface area contributed by atoms with E-state index >= 15 is 0 Å². The Hall–Kier alpha value is -4.20. The number of carbonyl (C=O) groups is 1. The molecule has 0 fully saturated rings. The molecule has 0 spiro atoms. The van der Waals surface area contributed by atoms with Crippen LogP contribution in [0, 0.1) is 0 Å². The molecular formula is C25H17F3N2O3. The van der Waals surface area contributed by atoms with E-state index in [2.05, 4.69) is 4.74 Å². The Kier molecular flexibility index (Phi) is 4.85. The van der Waals surface area contributed by atoms with Crippen molar-refractivity contribution in [1.29, 1.82) is 0 Å². The number of primary amides is 1. The van der Waals surface area contributed by atoms with Crippen molar-refractivity contribution in [2.24, 2.45) is 5.73 Å². The zero-order valence-corrected chi connectivity index (χ0v) is 17.1. The second kappa shape index (κ2) is 7.74. The molecule has 2 heterocycles. The number of benzene rings is 3. The summed E-state index contributed by atoms with van der Waals surface area (Å²) in [5.74, 6) is -0.186. The van der Waals surface area contributed by atoms with E-state index in [4.69, 9.17) is 10.2 Å². The first-order valence-corrected chi connectivity index (χ1v) is 10.0. The van der Waals surface area contributed by atoms with Gasteiger partial charge in [0.15, 0.2) is 0 Å². The highest BCUT2D eigenvalue weighted by Gasteiger charge is 2.31. The lowest BCUT2D eigenvalue weighted by atomic mass is 10.0. The van der Waals surface area contributed by atoms with E-state index in [1.165, 1.54) is 18.2 Å². The van der Waals surface area contributed by atoms with Gasteiger partial charge in [-0.3, -0.25) is 4.79 Å². The van der Waals surface area contributed by atoms with Gasteiger partial charge in [0.25, 0.3) is 0 Å². The molecule has 0 unspecified atom stereocenters. The van der Waals surface area contributed by atoms with E-state index in [1.54, 1.807) is 30.5 Å². The Morgan fingerprint density at radius 3 is 2.52 bits per heavy atom. The van der Waals surface area contributed by atoms with Gasteiger partial charge in [-0.15, -0.1) is 13.2 Å². The Bertz CT molecular complexity index is 1480. The van der Waals surface area contributed by atoms with Crippen molar-refractivity contribution in [3.05, 3.63) is 90.2 Å². The van der Waals surface area contributed by atoms with Crippen molar-refractivity contribution >= 4 is 27.7 Å². The minimum atomic E-state index is -4.78. The third-order valence-electron chi connectivity index (χ3n) is 5.43. The molecule has 1 amide bonds. The van der Waals surface area contributed by atoms with Crippen LogP contribution in [0.15, 0.2) is 83.5 Å². The van der Waals surface area contributed by atoms with Gasteiger partial charge in [-0.25, -0.2) is 0 Å². The molecule has 0 aliphatic rings. The Labute approximate surface area is 185 Å². The monoisotopic (exact) mass is 450 g/mol. The molecule has 5 nitrogen and oxygen atoms in total. The van der Waals surface area contributed by atoms with Crippen LogP contribution in [0.2, 0.25) is 0 Å². The summed E-state index contributed by atoms with van der Waals surface area (Å²) in [6.45, 7) is 0.249. The van der Waals surface area contributed by atoms with E-state index in [0.717, 1.165) is 22.0 Å². The van der Waals surface area contributed by atoms with Gasteiger partial charge in [0, 0.05) is 28.4 Å². The number of fused-ring (bicyclic) bond motifs is 3. The number of aromatic nitrogens is 1. The van der Waals surface area contributed by atoms with Crippen LogP contribution in [-0.2, 0) is 6.54 Å². The van der Waals surface area contributed by atoms with Crippen molar-refractivity contribution in [2.45, 2.75) is 12.9 Å². The summed E-state index contributed by atoms with van der Waals surface area (Å²) in [7, 11) is 0. The van der Waals surface area contributed by atoms with Gasteiger partial charge in [-0.1, -0.05) is 30.3 Å². The zero-order valence-electron chi connectivity index (χ0n) is 17.1. The maximum Gasteiger partial charge on any atom is 0.573 e. The number of carbonyl (C=O) groups excluding carboxylic acids is 1. The fourth-order valence-corrected chi connectivity index (χ4v) is 4.14. The number of furan rings is 1. The summed E-state index contributed by atoms with van der Waals surface area (Å²) >= 11 is 0. The van der Waals surface area contributed by atoms with Crippen LogP contribution < -0.4 is 10.5 Å². The Balaban J connectivity index is 1.71. The average molecular weight is 450 g/mol. The van der Waals surface area contributed by atoms with Gasteiger partial charge in [-0.05, 0) is 48.0 Å². The van der Waals surface area contributed by atoms with Crippen molar-refractivity contribution < 1.29 is 27.1 Å². The summed E-state index contributed by atoms with van der Waals surface area (Å²) in [6, 6.07) is 20.4. The molecule has 166 valence electrons. The number of hydrogen-bond donors (Lipinski definition) is 1. The molecule has 2 aromatic heterocycles. The first kappa shape index (κ1) is 20.7. The second-order valence-corrected chi connectivity index (χ2v) is 7.55. The number of amides is 1. The molecule has 5 aromatic rings. The number of alkyl halides is 3. The van der Waals surface area contributed by atoms with Gasteiger partial charge >= 0.3 is 6.36 Å². The van der Waals surface area contributed by atoms with E-state index < -0.39 is 12.3 Å². The molecule has 2 N–H and O–H groups in total. The number of nitrogens with two attached hydrogens (primary N) is 1. The molecule has 5 rings (SSSR count). The minimum Gasteiger partial charge on any atom is -0.464 e. The quantitative estimate of drug-likeness (QED) is 0.352. The highest BCUT2D eigenvalue weighted by molar-refractivity contribution is 6.18. The predicted molar refractivity (Wildman–Crippen MR) is 118 cm³/mol. The summed E-state index contributed by atoms with van der Waals surface area (Å²) in [6.07, 6.45) is -3.20. The lowest BCUT2D eigenvalue weighted by Gasteiger charge is -2.12. The van der Waals surface area contributed by atoms with Gasteiger partial charge in [0.1, 0.15) is 11.5 Å². The van der Waals surface area contributed by atoms with Gasteiger partial charge in [0.2, 0.25) is 5.91 Å². The first-order valence-electron chi connectivity index (χ1n) is 10.0. The molecule has 3 aromatic carbocycles. The van der Waals surface area contributed by atoms with Gasteiger partial charge < -0.3 is 19.5 Å². The van der Waals surface area contributed by atoms with Crippen molar-refractivity contribution in [3.63, 3.8) is 0 Å². The standard InChI is InChI=1S/C25H17F3N2O3/c26-25(27,28)33-17-5-1-4-15(12-17)14-30-20-7-2-6-19(24(29)31)23(20)18-10-9-16(13-21(18)30)22-8-3-11-32-22/h1-13H,14H2,(H2,29,31). The fourth-order valence-electron chi connectivity index (χ4n) is 4.14. The summed E-state index contributed by atoms with van der Waals surface area (Å²) in [5, 5.41) is 1.49. The molecule has 0 saturated heterocycles. The molecule has 0 aliphatic heterocycles. The smallest absolute Gasteiger partial charge is 0.464 e. The van der Waals surface area contributed by atoms with Crippen LogP contribution in [0.25, 0.3) is 33.1 Å². The molecule has 0 bridgehead atoms. The molecule has 8 heteroatoms. The highest BCUT2D eigenvalue weighted by Crippen LogP contribution is 2.35. The number of ether oxygens (including phenoxy) is 1. The van der Waals surface area contributed by atoms with Crippen molar-refractivity contribution in [2.75, 3.05) is 0 Å². The number of halogens is 3. The van der Waals surface area contributed by atoms with E-state index in [0.29, 0.717) is 22.3 Å². The van der Waals surface area contributed by atoms with E-state index in [-0.39, 0.29) is 12.3 Å². The molecular weight excluding hydrogens is 433 g/mol. The zero-order chi connectivity index (χ0) is 23.2. The molecule has 33 heavy (non-hydrogen) atoms. The van der Waals surface area contributed by atoms with Crippen LogP contribution in [0.5, 0.6) is 5.75 Å². The van der Waals surface area contributed by atoms with Crippen LogP contribution in [0.4, 0.5) is 13.2 Å². The van der Waals surface area contributed by atoms with Crippen molar-refractivity contribution in [1.82, 2.24) is 4.57 Å². The molecule has 0 atom stereocenters. The van der Waals surface area contributed by atoms with Crippen LogP contribution in [0.3, 0.4) is 0 Å². The number of rotatable bonds is 5. The first-order chi connectivity index (χ1) is 15.8. The Morgan fingerprint density at radius 1 is 0.970 bits per heavy atom. The lowest BCUT2D eigenvalue weighted by molar-refractivity contribution is -0.274. The minimum absolute atomic E-state index is 0.249.